The molecule has 5 rings (SSSR count). The van der Waals surface area contributed by atoms with Crippen molar-refractivity contribution < 1.29 is 13.9 Å². The van der Waals surface area contributed by atoms with Crippen LogP contribution in [-0.4, -0.2) is 28.5 Å². The predicted octanol–water partition coefficient (Wildman–Crippen LogP) is 4.71. The summed E-state index contributed by atoms with van der Waals surface area (Å²) in [5.41, 5.74) is 5.31. The summed E-state index contributed by atoms with van der Waals surface area (Å²) in [5.74, 6) is -0.219. The third kappa shape index (κ3) is 3.98. The molecule has 0 bridgehead atoms. The molecule has 1 unspecified atom stereocenters. The van der Waals surface area contributed by atoms with E-state index in [0.29, 0.717) is 16.9 Å². The average Bonchev–Trinajstić information content (AvgIpc) is 3.11. The lowest BCUT2D eigenvalue weighted by atomic mass is 9.87. The molecule has 0 amide bonds. The highest BCUT2D eigenvalue weighted by Gasteiger charge is 2.30. The number of oxazole rings is 1. The van der Waals surface area contributed by atoms with E-state index in [2.05, 4.69) is 24.0 Å². The molecule has 168 valence electrons. The lowest BCUT2D eigenvalue weighted by Crippen LogP contribution is -2.36. The van der Waals surface area contributed by atoms with Crippen LogP contribution in [0.5, 0.6) is 5.75 Å². The number of hydrogen-bond acceptors (Lipinski definition) is 5. The smallest absolute Gasteiger partial charge is 0.419 e. The first-order valence-corrected chi connectivity index (χ1v) is 11.3. The number of hydrogen-bond donors (Lipinski definition) is 0. The average molecular weight is 443 g/mol. The van der Waals surface area contributed by atoms with E-state index < -0.39 is 0 Å². The van der Waals surface area contributed by atoms with Crippen molar-refractivity contribution in [2.75, 3.05) is 13.1 Å². The molecule has 1 aliphatic heterocycles. The van der Waals surface area contributed by atoms with Gasteiger partial charge in [-0.3, -0.25) is 9.47 Å². The van der Waals surface area contributed by atoms with E-state index in [1.807, 2.05) is 36.4 Å². The Morgan fingerprint density at radius 2 is 1.91 bits per heavy atom. The van der Waals surface area contributed by atoms with Crippen molar-refractivity contribution in [3.63, 3.8) is 0 Å². The second-order valence-electron chi connectivity index (χ2n) is 8.46. The number of carbonyl (C=O) groups is 1. The summed E-state index contributed by atoms with van der Waals surface area (Å²) in [4.78, 5) is 27.1. The number of esters is 1. The SMILES string of the molecule is CCCN1CCc2cc3oc(=O)n(C)c3cc2C1c1cccc(OC(=O)c2ccccc2)c1. The molecule has 0 radical (unpaired) electrons. The lowest BCUT2D eigenvalue weighted by molar-refractivity contribution is 0.0734. The Morgan fingerprint density at radius 1 is 1.09 bits per heavy atom. The molecule has 1 aromatic heterocycles. The molecule has 33 heavy (non-hydrogen) atoms. The Hall–Kier alpha value is -3.64. The minimum atomic E-state index is -0.377. The van der Waals surface area contributed by atoms with Gasteiger partial charge in [-0.1, -0.05) is 37.3 Å². The zero-order valence-electron chi connectivity index (χ0n) is 18.8. The molecular formula is C27H26N2O4. The molecule has 1 aliphatic rings. The molecule has 0 saturated heterocycles. The second kappa shape index (κ2) is 8.71. The van der Waals surface area contributed by atoms with Gasteiger partial charge in [0.15, 0.2) is 5.58 Å². The van der Waals surface area contributed by atoms with Crippen LogP contribution in [0.15, 0.2) is 75.9 Å². The first kappa shape index (κ1) is 21.2. The van der Waals surface area contributed by atoms with Gasteiger partial charge >= 0.3 is 11.7 Å². The summed E-state index contributed by atoms with van der Waals surface area (Å²) in [5, 5.41) is 0. The molecule has 0 aliphatic carbocycles. The van der Waals surface area contributed by atoms with Crippen molar-refractivity contribution in [3.05, 3.63) is 99.5 Å². The van der Waals surface area contributed by atoms with Crippen molar-refractivity contribution in [3.8, 4) is 5.75 Å². The van der Waals surface area contributed by atoms with E-state index in [9.17, 15) is 9.59 Å². The van der Waals surface area contributed by atoms with E-state index >= 15 is 0 Å². The largest absolute Gasteiger partial charge is 0.423 e. The van der Waals surface area contributed by atoms with Crippen LogP contribution in [0.25, 0.3) is 11.1 Å². The van der Waals surface area contributed by atoms with E-state index in [1.54, 1.807) is 29.8 Å². The Morgan fingerprint density at radius 3 is 2.70 bits per heavy atom. The van der Waals surface area contributed by atoms with Crippen LogP contribution in [0.2, 0.25) is 0 Å². The van der Waals surface area contributed by atoms with Gasteiger partial charge in [0, 0.05) is 13.6 Å². The van der Waals surface area contributed by atoms with Crippen molar-refractivity contribution in [2.45, 2.75) is 25.8 Å². The molecule has 6 nitrogen and oxygen atoms in total. The van der Waals surface area contributed by atoms with Crippen LogP contribution >= 0.6 is 0 Å². The van der Waals surface area contributed by atoms with E-state index in [0.717, 1.165) is 42.6 Å². The number of aromatic nitrogens is 1. The molecule has 0 N–H and O–H groups in total. The van der Waals surface area contributed by atoms with Gasteiger partial charge in [-0.25, -0.2) is 9.59 Å². The molecule has 0 fully saturated rings. The predicted molar refractivity (Wildman–Crippen MR) is 127 cm³/mol. The number of carbonyl (C=O) groups excluding carboxylic acids is 1. The van der Waals surface area contributed by atoms with Gasteiger partial charge in [-0.15, -0.1) is 0 Å². The second-order valence-corrected chi connectivity index (χ2v) is 8.46. The molecule has 6 heteroatoms. The summed E-state index contributed by atoms with van der Waals surface area (Å²) in [6.45, 7) is 4.02. The number of nitrogens with zero attached hydrogens (tertiary/aromatic N) is 2. The molecule has 3 aromatic carbocycles. The lowest BCUT2D eigenvalue weighted by Gasteiger charge is -2.37. The van der Waals surface area contributed by atoms with Crippen LogP contribution in [0, 0.1) is 0 Å². The van der Waals surface area contributed by atoms with Crippen LogP contribution in [0.4, 0.5) is 0 Å². The van der Waals surface area contributed by atoms with Crippen molar-refractivity contribution >= 4 is 17.1 Å². The highest BCUT2D eigenvalue weighted by Crippen LogP contribution is 2.38. The zero-order chi connectivity index (χ0) is 22.9. The highest BCUT2D eigenvalue weighted by molar-refractivity contribution is 5.91. The van der Waals surface area contributed by atoms with Gasteiger partial charge in [0.2, 0.25) is 0 Å². The first-order chi connectivity index (χ1) is 16.0. The molecule has 4 aromatic rings. The highest BCUT2D eigenvalue weighted by atomic mass is 16.5. The van der Waals surface area contributed by atoms with Crippen molar-refractivity contribution in [2.24, 2.45) is 7.05 Å². The normalized spacial score (nSPS) is 16.0. The fourth-order valence-electron chi connectivity index (χ4n) is 4.70. The van der Waals surface area contributed by atoms with Gasteiger partial charge in [-0.2, -0.15) is 0 Å². The number of rotatable bonds is 5. The summed E-state index contributed by atoms with van der Waals surface area (Å²) < 4.78 is 12.7. The first-order valence-electron chi connectivity index (χ1n) is 11.3. The van der Waals surface area contributed by atoms with E-state index in [1.165, 1.54) is 5.56 Å². The Kier molecular flexibility index (Phi) is 5.60. The molecular weight excluding hydrogens is 416 g/mol. The Balaban J connectivity index is 1.55. The summed E-state index contributed by atoms with van der Waals surface area (Å²) >= 11 is 0. The third-order valence-corrected chi connectivity index (χ3v) is 6.29. The van der Waals surface area contributed by atoms with Crippen LogP contribution in [0.3, 0.4) is 0 Å². The third-order valence-electron chi connectivity index (χ3n) is 6.29. The van der Waals surface area contributed by atoms with E-state index in [4.69, 9.17) is 9.15 Å². The van der Waals surface area contributed by atoms with E-state index in [-0.39, 0.29) is 17.8 Å². The summed E-state index contributed by atoms with van der Waals surface area (Å²) in [6, 6.07) is 20.8. The minimum Gasteiger partial charge on any atom is -0.423 e. The number of benzene rings is 3. The van der Waals surface area contributed by atoms with Gasteiger partial charge in [0.05, 0.1) is 17.1 Å². The van der Waals surface area contributed by atoms with Gasteiger partial charge in [0.1, 0.15) is 5.75 Å². The van der Waals surface area contributed by atoms with Crippen molar-refractivity contribution in [1.82, 2.24) is 9.47 Å². The number of ether oxygens (including phenoxy) is 1. The monoisotopic (exact) mass is 442 g/mol. The maximum absolute atomic E-state index is 12.6. The van der Waals surface area contributed by atoms with Crippen LogP contribution in [-0.2, 0) is 13.5 Å². The molecule has 2 heterocycles. The molecule has 1 atom stereocenters. The fourth-order valence-corrected chi connectivity index (χ4v) is 4.70. The topological polar surface area (TPSA) is 64.7 Å². The maximum Gasteiger partial charge on any atom is 0.419 e. The van der Waals surface area contributed by atoms with Crippen molar-refractivity contribution in [1.29, 1.82) is 0 Å². The summed E-state index contributed by atoms with van der Waals surface area (Å²) in [6.07, 6.45) is 1.92. The van der Waals surface area contributed by atoms with Gasteiger partial charge < -0.3 is 9.15 Å². The quantitative estimate of drug-likeness (QED) is 0.331. The number of fused-ring (bicyclic) bond motifs is 2. The minimum absolute atomic E-state index is 0.00141. The Bertz CT molecular complexity index is 1370. The Labute approximate surface area is 192 Å². The molecule has 0 saturated carbocycles. The molecule has 0 spiro atoms. The van der Waals surface area contributed by atoms with Crippen LogP contribution < -0.4 is 10.5 Å². The van der Waals surface area contributed by atoms with Crippen LogP contribution in [0.1, 0.15) is 46.4 Å². The standard InChI is InChI=1S/C27H26N2O4/c1-3-13-29-14-12-19-16-24-23(28(2)27(31)33-24)17-22(19)25(29)20-10-7-11-21(15-20)32-26(30)18-8-5-4-6-9-18/h4-11,15-17,25H,3,12-14H2,1-2H3. The zero-order valence-corrected chi connectivity index (χ0v) is 18.8. The van der Waals surface area contributed by atoms with Gasteiger partial charge in [0.25, 0.3) is 0 Å². The van der Waals surface area contributed by atoms with Gasteiger partial charge in [-0.05, 0) is 72.5 Å². The fraction of sp³-hybridized carbons (Fsp3) is 0.259. The summed E-state index contributed by atoms with van der Waals surface area (Å²) in [7, 11) is 1.73. The number of aryl methyl sites for hydroxylation is 1. The maximum atomic E-state index is 12.6.